The van der Waals surface area contributed by atoms with Crippen LogP contribution in [-0.2, 0) is 0 Å². The monoisotopic (exact) mass is 360 g/mol. The van der Waals surface area contributed by atoms with Crippen LogP contribution in [0.1, 0.15) is 13.3 Å². The zero-order valence-electron chi connectivity index (χ0n) is 9.90. The van der Waals surface area contributed by atoms with Crippen LogP contribution in [0.4, 0.5) is 4.39 Å². The number of rotatable bonds is 3. The molecular formula is C12H14FIN4. The molecule has 4 nitrogen and oxygen atoms in total. The van der Waals surface area contributed by atoms with E-state index in [4.69, 9.17) is 5.73 Å². The molecule has 0 spiro atoms. The molecule has 0 aliphatic heterocycles. The van der Waals surface area contributed by atoms with Crippen LogP contribution in [0.25, 0.3) is 5.82 Å². The van der Waals surface area contributed by atoms with Crippen molar-refractivity contribution in [3.63, 3.8) is 0 Å². The van der Waals surface area contributed by atoms with Crippen LogP contribution >= 0.6 is 22.6 Å². The fraction of sp³-hybridized carbons (Fsp3) is 0.250. The molecule has 1 aliphatic rings. The number of nitrogens with two attached hydrogens (primary N) is 1. The highest BCUT2D eigenvalue weighted by Gasteiger charge is 2.19. The zero-order valence-corrected chi connectivity index (χ0v) is 12.1. The van der Waals surface area contributed by atoms with E-state index in [2.05, 4.69) is 32.9 Å². The number of allylic oxidation sites excluding steroid dienone is 3. The quantitative estimate of drug-likeness (QED) is 0.815. The maximum atomic E-state index is 13.8. The maximum absolute atomic E-state index is 13.8. The van der Waals surface area contributed by atoms with Crippen molar-refractivity contribution < 1.29 is 4.39 Å². The lowest BCUT2D eigenvalue weighted by Crippen LogP contribution is -2.32. The average Bonchev–Trinajstić information content (AvgIpc) is 2.80. The third-order valence-electron chi connectivity index (χ3n) is 2.60. The minimum absolute atomic E-state index is 0.180. The molecule has 2 rings (SSSR count). The van der Waals surface area contributed by atoms with Gasteiger partial charge in [0.1, 0.15) is 18.0 Å². The molecule has 0 bridgehead atoms. The second kappa shape index (κ2) is 5.55. The van der Waals surface area contributed by atoms with Gasteiger partial charge < -0.3 is 11.1 Å². The maximum Gasteiger partial charge on any atom is 0.130 e. The van der Waals surface area contributed by atoms with Gasteiger partial charge in [-0.15, -0.1) is 0 Å². The summed E-state index contributed by atoms with van der Waals surface area (Å²) in [6.07, 6.45) is 9.16. The van der Waals surface area contributed by atoms with Crippen LogP contribution < -0.4 is 11.1 Å². The van der Waals surface area contributed by atoms with Crippen LogP contribution in [0.15, 0.2) is 46.0 Å². The van der Waals surface area contributed by atoms with Crippen LogP contribution in [0.2, 0.25) is 0 Å². The number of nitrogens with one attached hydrogen (secondary N) is 1. The van der Waals surface area contributed by atoms with Gasteiger partial charge >= 0.3 is 0 Å². The van der Waals surface area contributed by atoms with Gasteiger partial charge in [0.05, 0.1) is 6.04 Å². The lowest BCUT2D eigenvalue weighted by Gasteiger charge is -2.23. The van der Waals surface area contributed by atoms with E-state index < -0.39 is 0 Å². The third kappa shape index (κ3) is 2.92. The van der Waals surface area contributed by atoms with Gasteiger partial charge in [0.25, 0.3) is 0 Å². The van der Waals surface area contributed by atoms with Crippen LogP contribution in [0, 0.1) is 0 Å². The summed E-state index contributed by atoms with van der Waals surface area (Å²) in [5.74, 6) is 0.479. The van der Waals surface area contributed by atoms with E-state index in [1.165, 1.54) is 6.08 Å². The molecule has 0 saturated carbocycles. The Morgan fingerprint density at radius 1 is 1.67 bits per heavy atom. The second-order valence-electron chi connectivity index (χ2n) is 4.05. The van der Waals surface area contributed by atoms with Crippen molar-refractivity contribution >= 4 is 28.4 Å². The molecule has 1 aromatic rings. The molecule has 18 heavy (non-hydrogen) atoms. The van der Waals surface area contributed by atoms with E-state index in [1.807, 2.05) is 6.08 Å². The topological polar surface area (TPSA) is 55.9 Å². The highest BCUT2D eigenvalue weighted by molar-refractivity contribution is 14.1. The molecule has 0 saturated heterocycles. The van der Waals surface area contributed by atoms with Gasteiger partial charge in [0.15, 0.2) is 0 Å². The zero-order chi connectivity index (χ0) is 13.1. The van der Waals surface area contributed by atoms with E-state index in [-0.39, 0.29) is 11.9 Å². The fourth-order valence-corrected chi connectivity index (χ4v) is 2.26. The molecule has 1 heterocycles. The van der Waals surface area contributed by atoms with Crippen molar-refractivity contribution in [1.29, 1.82) is 0 Å². The Morgan fingerprint density at radius 2 is 2.44 bits per heavy atom. The van der Waals surface area contributed by atoms with Crippen molar-refractivity contribution in [2.24, 2.45) is 5.73 Å². The van der Waals surface area contributed by atoms with Crippen LogP contribution in [0.5, 0.6) is 0 Å². The van der Waals surface area contributed by atoms with E-state index in [0.29, 0.717) is 17.9 Å². The smallest absolute Gasteiger partial charge is 0.130 e. The molecule has 0 fully saturated rings. The number of nitrogens with zero attached hydrogens (tertiary/aromatic N) is 2. The Bertz CT molecular complexity index is 512. The normalized spacial score (nSPS) is 20.9. The lowest BCUT2D eigenvalue weighted by atomic mass is 10.1. The Kier molecular flexibility index (Phi) is 4.05. The summed E-state index contributed by atoms with van der Waals surface area (Å²) in [7, 11) is 0. The van der Waals surface area contributed by atoms with Gasteiger partial charge in [-0.25, -0.2) is 9.37 Å². The second-order valence-corrected chi connectivity index (χ2v) is 5.30. The highest BCUT2D eigenvalue weighted by atomic mass is 127. The predicted molar refractivity (Wildman–Crippen MR) is 78.1 cm³/mol. The van der Waals surface area contributed by atoms with Gasteiger partial charge in [0.2, 0.25) is 0 Å². The summed E-state index contributed by atoms with van der Waals surface area (Å²) in [5.41, 5.74) is 6.42. The van der Waals surface area contributed by atoms with Crippen molar-refractivity contribution in [3.8, 4) is 0 Å². The van der Waals surface area contributed by atoms with E-state index in [1.54, 1.807) is 30.2 Å². The number of hydrogen-bond donors (Lipinski definition) is 2. The van der Waals surface area contributed by atoms with E-state index in [9.17, 15) is 4.39 Å². The van der Waals surface area contributed by atoms with Gasteiger partial charge in [-0.1, -0.05) is 6.08 Å². The molecule has 3 N–H and O–H groups in total. The van der Waals surface area contributed by atoms with Crippen LogP contribution in [0.3, 0.4) is 0 Å². The summed E-state index contributed by atoms with van der Waals surface area (Å²) in [5, 5.41) is 3.11. The number of halogens is 2. The molecule has 1 atom stereocenters. The summed E-state index contributed by atoms with van der Waals surface area (Å²) in [6, 6.07) is -0.376. The number of aromatic nitrogens is 2. The summed E-state index contributed by atoms with van der Waals surface area (Å²) in [4.78, 5) is 3.96. The number of hydrogen-bond acceptors (Lipinski definition) is 3. The van der Waals surface area contributed by atoms with Crippen molar-refractivity contribution in [1.82, 2.24) is 14.9 Å². The SMILES string of the molecule is C/C(N)=C(\NC1CC=C(I)C=C1F)n1ccnc1. The molecule has 1 unspecified atom stereocenters. The van der Waals surface area contributed by atoms with Gasteiger partial charge in [-0.05, 0) is 42.0 Å². The van der Waals surface area contributed by atoms with Gasteiger partial charge in [-0.3, -0.25) is 4.57 Å². The third-order valence-corrected chi connectivity index (χ3v) is 3.36. The molecule has 0 amide bonds. The fourth-order valence-electron chi connectivity index (χ4n) is 1.71. The van der Waals surface area contributed by atoms with E-state index in [0.717, 1.165) is 3.58 Å². The summed E-state index contributed by atoms with van der Waals surface area (Å²) < 4.78 is 16.5. The highest BCUT2D eigenvalue weighted by Crippen LogP contribution is 2.24. The first-order chi connectivity index (χ1) is 8.58. The van der Waals surface area contributed by atoms with Crippen molar-refractivity contribution in [3.05, 3.63) is 46.0 Å². The summed E-state index contributed by atoms with van der Waals surface area (Å²) in [6.45, 7) is 1.77. The molecule has 1 aromatic heterocycles. The Labute approximate surface area is 119 Å². The van der Waals surface area contributed by atoms with Gasteiger partial charge in [-0.2, -0.15) is 0 Å². The van der Waals surface area contributed by atoms with Crippen LogP contribution in [-0.4, -0.2) is 15.6 Å². The van der Waals surface area contributed by atoms with Crippen molar-refractivity contribution in [2.45, 2.75) is 19.4 Å². The van der Waals surface area contributed by atoms with E-state index >= 15 is 0 Å². The Morgan fingerprint density at radius 3 is 3.00 bits per heavy atom. The average molecular weight is 360 g/mol. The molecule has 0 aromatic carbocycles. The predicted octanol–water partition coefficient (Wildman–Crippen LogP) is 2.52. The molecule has 96 valence electrons. The Balaban J connectivity index is 2.18. The minimum atomic E-state index is -0.376. The molecule has 1 aliphatic carbocycles. The first-order valence-electron chi connectivity index (χ1n) is 5.52. The standard InChI is InChI=1S/C12H14FIN4/c1-8(15)12(18-5-4-16-7-18)17-11-3-2-9(14)6-10(11)13/h2,4-7,11,17H,3,15H2,1H3/b12-8-. The molecule has 0 radical (unpaired) electrons. The number of imidazole rings is 1. The first kappa shape index (κ1) is 13.1. The van der Waals surface area contributed by atoms with Crippen molar-refractivity contribution in [2.75, 3.05) is 0 Å². The Hall–Kier alpha value is -1.31. The van der Waals surface area contributed by atoms with Gasteiger partial charge in [0, 0.05) is 21.7 Å². The first-order valence-corrected chi connectivity index (χ1v) is 6.59. The lowest BCUT2D eigenvalue weighted by molar-refractivity contribution is 0.498. The largest absolute Gasteiger partial charge is 0.399 e. The minimum Gasteiger partial charge on any atom is -0.399 e. The summed E-state index contributed by atoms with van der Waals surface area (Å²) >= 11 is 2.10. The molecular weight excluding hydrogens is 346 g/mol. The molecule has 6 heteroatoms.